The van der Waals surface area contributed by atoms with Crippen LogP contribution in [-0.2, 0) is 0 Å². The number of carbonyl (C=O) groups is 1. The maximum Gasteiger partial charge on any atom is 0.345 e. The van der Waals surface area contributed by atoms with E-state index >= 15 is 0 Å². The number of benzene rings is 1. The lowest BCUT2D eigenvalue weighted by Gasteiger charge is -1.89. The Hall–Kier alpha value is -1.79. The van der Waals surface area contributed by atoms with Gasteiger partial charge in [0.05, 0.1) is 0 Å². The van der Waals surface area contributed by atoms with Crippen molar-refractivity contribution in [2.75, 3.05) is 0 Å². The fourth-order valence-corrected chi connectivity index (χ4v) is 2.17. The molecule has 1 aromatic carbocycles. The summed E-state index contributed by atoms with van der Waals surface area (Å²) in [4.78, 5) is 11.0. The number of hydrogen-bond acceptors (Lipinski definition) is 2. The van der Waals surface area contributed by atoms with E-state index in [9.17, 15) is 4.79 Å². The fraction of sp³-hybridized carbons (Fsp3) is 0. The van der Waals surface area contributed by atoms with Crippen molar-refractivity contribution >= 4 is 27.4 Å². The Bertz CT molecular complexity index is 546. The van der Waals surface area contributed by atoms with Crippen molar-refractivity contribution in [1.82, 2.24) is 0 Å². The lowest BCUT2D eigenvalue weighted by molar-refractivity contribution is 0.0702. The Morgan fingerprint density at radius 3 is 2.86 bits per heavy atom. The maximum absolute atomic E-state index is 10.7. The van der Waals surface area contributed by atoms with Crippen LogP contribution in [0, 0.1) is 12.3 Å². The van der Waals surface area contributed by atoms with Crippen LogP contribution in [-0.4, -0.2) is 11.1 Å². The van der Waals surface area contributed by atoms with E-state index in [1.807, 2.05) is 12.1 Å². The zero-order valence-electron chi connectivity index (χ0n) is 7.15. The highest BCUT2D eigenvalue weighted by Gasteiger charge is 2.07. The average molecular weight is 202 g/mol. The molecule has 0 saturated carbocycles. The van der Waals surface area contributed by atoms with Crippen molar-refractivity contribution in [3.05, 3.63) is 34.7 Å². The highest BCUT2D eigenvalue weighted by atomic mass is 32.1. The molecule has 0 bridgehead atoms. The molecule has 0 radical (unpaired) electrons. The van der Waals surface area contributed by atoms with Crippen molar-refractivity contribution in [2.45, 2.75) is 0 Å². The molecular formula is C11H6O2S. The van der Waals surface area contributed by atoms with Crippen LogP contribution in [0.1, 0.15) is 15.2 Å². The summed E-state index contributed by atoms with van der Waals surface area (Å²) in [5.41, 5.74) is 0.774. The molecule has 0 aliphatic heterocycles. The molecule has 2 nitrogen and oxygen atoms in total. The van der Waals surface area contributed by atoms with E-state index in [2.05, 4.69) is 5.92 Å². The normalized spacial score (nSPS) is 9.93. The summed E-state index contributed by atoms with van der Waals surface area (Å²) in [7, 11) is 0. The number of terminal acetylenes is 1. The highest BCUT2D eigenvalue weighted by Crippen LogP contribution is 2.26. The van der Waals surface area contributed by atoms with Gasteiger partial charge in [0, 0.05) is 10.3 Å². The molecule has 3 heteroatoms. The molecule has 0 fully saturated rings. The first-order valence-electron chi connectivity index (χ1n) is 3.94. The van der Waals surface area contributed by atoms with Gasteiger partial charge in [-0.3, -0.25) is 0 Å². The van der Waals surface area contributed by atoms with Crippen molar-refractivity contribution in [2.24, 2.45) is 0 Å². The van der Waals surface area contributed by atoms with Crippen LogP contribution in [0.25, 0.3) is 10.1 Å². The van der Waals surface area contributed by atoms with Crippen LogP contribution < -0.4 is 0 Å². The van der Waals surface area contributed by atoms with E-state index in [4.69, 9.17) is 11.5 Å². The Morgan fingerprint density at radius 2 is 2.21 bits per heavy atom. The summed E-state index contributed by atoms with van der Waals surface area (Å²) < 4.78 is 0.915. The lowest BCUT2D eigenvalue weighted by atomic mass is 10.2. The summed E-state index contributed by atoms with van der Waals surface area (Å²) in [6.45, 7) is 0. The maximum atomic E-state index is 10.7. The molecule has 0 saturated heterocycles. The Kier molecular flexibility index (Phi) is 1.99. The molecule has 2 rings (SSSR count). The van der Waals surface area contributed by atoms with Gasteiger partial charge >= 0.3 is 5.97 Å². The van der Waals surface area contributed by atoms with Crippen LogP contribution in [0.2, 0.25) is 0 Å². The first-order valence-corrected chi connectivity index (χ1v) is 4.76. The molecule has 0 aliphatic carbocycles. The van der Waals surface area contributed by atoms with E-state index in [0.717, 1.165) is 15.6 Å². The molecule has 0 unspecified atom stereocenters. The summed E-state index contributed by atoms with van der Waals surface area (Å²) in [6.07, 6.45) is 5.25. The molecule has 2 aromatic rings. The first-order chi connectivity index (χ1) is 6.70. The number of carboxylic acids is 1. The third-order valence-electron chi connectivity index (χ3n) is 1.90. The minimum Gasteiger partial charge on any atom is -0.477 e. The van der Waals surface area contributed by atoms with Gasteiger partial charge in [-0.2, -0.15) is 0 Å². The van der Waals surface area contributed by atoms with Crippen molar-refractivity contribution in [3.8, 4) is 12.3 Å². The van der Waals surface area contributed by atoms with Crippen molar-refractivity contribution < 1.29 is 9.90 Å². The van der Waals surface area contributed by atoms with E-state index < -0.39 is 5.97 Å². The second-order valence-corrected chi connectivity index (χ2v) is 3.90. The number of carboxylic acid groups (broad SMARTS) is 1. The molecule has 0 aliphatic rings. The summed E-state index contributed by atoms with van der Waals surface area (Å²) in [5.74, 6) is 1.62. The molecule has 0 atom stereocenters. The van der Waals surface area contributed by atoms with Gasteiger partial charge in [0.15, 0.2) is 0 Å². The second-order valence-electron chi connectivity index (χ2n) is 2.81. The summed E-state index contributed by atoms with van der Waals surface area (Å²) in [6, 6.07) is 7.13. The molecule has 1 N–H and O–H groups in total. The third kappa shape index (κ3) is 1.36. The van der Waals surface area contributed by atoms with Crippen molar-refractivity contribution in [1.29, 1.82) is 0 Å². The summed E-state index contributed by atoms with van der Waals surface area (Å²) in [5, 5.41) is 9.71. The van der Waals surface area contributed by atoms with Gasteiger partial charge in [-0.15, -0.1) is 17.8 Å². The number of hydrogen-bond donors (Lipinski definition) is 1. The Labute approximate surface area is 84.8 Å². The van der Waals surface area contributed by atoms with Crippen LogP contribution in [0.3, 0.4) is 0 Å². The number of rotatable bonds is 1. The smallest absolute Gasteiger partial charge is 0.345 e. The highest BCUT2D eigenvalue weighted by molar-refractivity contribution is 7.20. The van der Waals surface area contributed by atoms with Gasteiger partial charge in [0.25, 0.3) is 0 Å². The molecule has 14 heavy (non-hydrogen) atoms. The Balaban J connectivity index is 2.67. The SMILES string of the molecule is C#Cc1ccc2cc(C(=O)O)sc2c1. The number of aromatic carboxylic acids is 1. The minimum atomic E-state index is -0.895. The molecule has 68 valence electrons. The number of fused-ring (bicyclic) bond motifs is 1. The van der Waals surface area contributed by atoms with Crippen molar-refractivity contribution in [3.63, 3.8) is 0 Å². The topological polar surface area (TPSA) is 37.3 Å². The first kappa shape index (κ1) is 8.79. The van der Waals surface area contributed by atoms with Crippen LogP contribution in [0.4, 0.5) is 0 Å². The predicted octanol–water partition coefficient (Wildman–Crippen LogP) is 2.58. The standard InChI is InChI=1S/C11H6O2S/c1-2-7-3-4-8-6-10(11(12)13)14-9(8)5-7/h1,3-6H,(H,12,13). The van der Waals surface area contributed by atoms with E-state index in [1.165, 1.54) is 11.3 Å². The van der Waals surface area contributed by atoms with E-state index in [1.54, 1.807) is 12.1 Å². The fourth-order valence-electron chi connectivity index (χ4n) is 1.23. The van der Waals surface area contributed by atoms with Crippen LogP contribution in [0.5, 0.6) is 0 Å². The predicted molar refractivity (Wildman–Crippen MR) is 56.7 cm³/mol. The third-order valence-corrected chi connectivity index (χ3v) is 2.98. The van der Waals surface area contributed by atoms with Gasteiger partial charge in [0.1, 0.15) is 4.88 Å². The van der Waals surface area contributed by atoms with E-state index in [-0.39, 0.29) is 0 Å². The zero-order chi connectivity index (χ0) is 10.1. The molecule has 1 aromatic heterocycles. The van der Waals surface area contributed by atoms with Gasteiger partial charge in [-0.1, -0.05) is 12.0 Å². The van der Waals surface area contributed by atoms with Gasteiger partial charge in [0.2, 0.25) is 0 Å². The lowest BCUT2D eigenvalue weighted by Crippen LogP contribution is -1.89. The van der Waals surface area contributed by atoms with Gasteiger partial charge < -0.3 is 5.11 Å². The zero-order valence-corrected chi connectivity index (χ0v) is 7.97. The Morgan fingerprint density at radius 1 is 1.43 bits per heavy atom. The van der Waals surface area contributed by atoms with Gasteiger partial charge in [-0.25, -0.2) is 4.79 Å². The minimum absolute atomic E-state index is 0.342. The van der Waals surface area contributed by atoms with Crippen LogP contribution >= 0.6 is 11.3 Å². The van der Waals surface area contributed by atoms with Gasteiger partial charge in [-0.05, 0) is 23.6 Å². The largest absolute Gasteiger partial charge is 0.477 e. The monoisotopic (exact) mass is 202 g/mol. The second kappa shape index (κ2) is 3.17. The van der Waals surface area contributed by atoms with E-state index in [0.29, 0.717) is 4.88 Å². The summed E-state index contributed by atoms with van der Waals surface area (Å²) >= 11 is 1.24. The molecule has 0 amide bonds. The average Bonchev–Trinajstić information content (AvgIpc) is 2.59. The molecular weight excluding hydrogens is 196 g/mol. The van der Waals surface area contributed by atoms with Crippen LogP contribution in [0.15, 0.2) is 24.3 Å². The molecule has 1 heterocycles. The number of thiophene rings is 1. The molecule has 0 spiro atoms. The quantitative estimate of drug-likeness (QED) is 0.721.